The van der Waals surface area contributed by atoms with Crippen LogP contribution in [0.4, 0.5) is 10.1 Å². The fraction of sp³-hybridized carbons (Fsp3) is 0.0833. The van der Waals surface area contributed by atoms with Crippen molar-refractivity contribution >= 4 is 22.9 Å². The molecule has 1 heterocycles. The highest BCUT2D eigenvalue weighted by atomic mass is 32.1. The first-order valence-corrected chi connectivity index (χ1v) is 6.55. The Kier molecular flexibility index (Phi) is 4.45. The first-order valence-electron chi connectivity index (χ1n) is 5.67. The molecule has 0 unspecified atom stereocenters. The molecule has 2 aromatic rings. The maximum absolute atomic E-state index is 13.6. The highest BCUT2D eigenvalue weighted by Gasteiger charge is 2.20. The number of nitrogens with one attached hydrogen (secondary N) is 1. The number of nitro groups is 1. The van der Waals surface area contributed by atoms with Crippen LogP contribution in [0.5, 0.6) is 5.75 Å². The molecule has 0 aliphatic rings. The Morgan fingerprint density at radius 2 is 2.24 bits per heavy atom. The number of para-hydroxylation sites is 1. The zero-order chi connectivity index (χ0) is 15.4. The summed E-state index contributed by atoms with van der Waals surface area (Å²) in [6.45, 7) is -0.186. The van der Waals surface area contributed by atoms with Crippen LogP contribution in [0, 0.1) is 15.9 Å². The molecular formula is C12H10FN3O4S. The molecule has 0 spiro atoms. The maximum Gasteiger partial charge on any atom is 0.314 e. The molecule has 0 aliphatic heterocycles. The number of nitro benzene ring substituents is 1. The van der Waals surface area contributed by atoms with Crippen molar-refractivity contribution < 1.29 is 18.8 Å². The van der Waals surface area contributed by atoms with Crippen LogP contribution in [-0.2, 0) is 6.61 Å². The van der Waals surface area contributed by atoms with Gasteiger partial charge < -0.3 is 4.74 Å². The number of rotatable bonds is 5. The molecule has 110 valence electrons. The summed E-state index contributed by atoms with van der Waals surface area (Å²) in [5, 5.41) is 12.5. The molecule has 9 heteroatoms. The Morgan fingerprint density at radius 1 is 1.48 bits per heavy atom. The fourth-order valence-electron chi connectivity index (χ4n) is 1.65. The molecule has 0 radical (unpaired) electrons. The number of halogens is 1. The summed E-state index contributed by atoms with van der Waals surface area (Å²) in [4.78, 5) is 21.9. The van der Waals surface area contributed by atoms with Gasteiger partial charge >= 0.3 is 5.69 Å². The van der Waals surface area contributed by atoms with Crippen molar-refractivity contribution in [3.8, 4) is 5.75 Å². The SMILES string of the molecule is NNC(=O)c1sccc1COc1c(F)cccc1[N+](=O)[O-]. The van der Waals surface area contributed by atoms with Crippen LogP contribution in [-0.4, -0.2) is 10.8 Å². The molecular weight excluding hydrogens is 301 g/mol. The van der Waals surface area contributed by atoms with E-state index >= 15 is 0 Å². The number of carbonyl (C=O) groups excluding carboxylic acids is 1. The normalized spacial score (nSPS) is 10.2. The lowest BCUT2D eigenvalue weighted by molar-refractivity contribution is -0.386. The number of hydrogen-bond acceptors (Lipinski definition) is 6. The average molecular weight is 311 g/mol. The molecule has 0 saturated heterocycles. The summed E-state index contributed by atoms with van der Waals surface area (Å²) in [5.41, 5.74) is 1.96. The van der Waals surface area contributed by atoms with Crippen molar-refractivity contribution in [2.45, 2.75) is 6.61 Å². The Hall–Kier alpha value is -2.52. The van der Waals surface area contributed by atoms with Crippen molar-refractivity contribution in [3.63, 3.8) is 0 Å². The molecule has 0 fully saturated rings. The number of nitrogens with two attached hydrogens (primary N) is 1. The predicted octanol–water partition coefficient (Wildman–Crippen LogP) is 1.98. The first-order chi connectivity index (χ1) is 10.0. The van der Waals surface area contributed by atoms with E-state index in [-0.39, 0.29) is 6.61 Å². The number of ether oxygens (including phenoxy) is 1. The number of carbonyl (C=O) groups is 1. The van der Waals surface area contributed by atoms with E-state index in [1.54, 1.807) is 11.4 Å². The van der Waals surface area contributed by atoms with Crippen LogP contribution in [0.15, 0.2) is 29.6 Å². The summed E-state index contributed by atoms with van der Waals surface area (Å²) < 4.78 is 18.8. The van der Waals surface area contributed by atoms with E-state index in [9.17, 15) is 19.3 Å². The van der Waals surface area contributed by atoms with Crippen molar-refractivity contribution in [1.29, 1.82) is 0 Å². The minimum atomic E-state index is -0.843. The number of nitrogens with zero attached hydrogens (tertiary/aromatic N) is 1. The number of hydrogen-bond donors (Lipinski definition) is 2. The minimum Gasteiger partial charge on any atom is -0.480 e. The molecule has 1 amide bonds. The molecule has 2 rings (SSSR count). The van der Waals surface area contributed by atoms with E-state index in [1.165, 1.54) is 6.07 Å². The van der Waals surface area contributed by atoms with Gasteiger partial charge in [0.15, 0.2) is 5.82 Å². The molecule has 7 nitrogen and oxygen atoms in total. The minimum absolute atomic E-state index is 0.186. The van der Waals surface area contributed by atoms with Crippen LogP contribution in [0.2, 0.25) is 0 Å². The summed E-state index contributed by atoms with van der Waals surface area (Å²) >= 11 is 1.13. The largest absolute Gasteiger partial charge is 0.480 e. The van der Waals surface area contributed by atoms with E-state index in [2.05, 4.69) is 0 Å². The van der Waals surface area contributed by atoms with Gasteiger partial charge in [-0.1, -0.05) is 6.07 Å². The standard InChI is InChI=1S/C12H10FN3O4S/c13-8-2-1-3-9(16(18)19)10(8)20-6-7-4-5-21-11(7)12(17)15-14/h1-5H,6,14H2,(H,15,17). The second-order valence-corrected chi connectivity index (χ2v) is 4.80. The van der Waals surface area contributed by atoms with Crippen LogP contribution in [0.1, 0.15) is 15.2 Å². The number of thiophene rings is 1. The monoisotopic (exact) mass is 311 g/mol. The number of hydrazine groups is 1. The van der Waals surface area contributed by atoms with E-state index in [0.717, 1.165) is 23.5 Å². The molecule has 21 heavy (non-hydrogen) atoms. The predicted molar refractivity (Wildman–Crippen MR) is 73.4 cm³/mol. The first kappa shape index (κ1) is 14.9. The third kappa shape index (κ3) is 3.15. The second-order valence-electron chi connectivity index (χ2n) is 3.88. The fourth-order valence-corrected chi connectivity index (χ4v) is 2.46. The zero-order valence-corrected chi connectivity index (χ0v) is 11.4. The Balaban J connectivity index is 2.23. The van der Waals surface area contributed by atoms with Crippen molar-refractivity contribution in [1.82, 2.24) is 5.43 Å². The van der Waals surface area contributed by atoms with Gasteiger partial charge in [0.05, 0.1) is 9.80 Å². The zero-order valence-electron chi connectivity index (χ0n) is 10.5. The smallest absolute Gasteiger partial charge is 0.314 e. The average Bonchev–Trinajstić information content (AvgIpc) is 2.93. The summed E-state index contributed by atoms with van der Waals surface area (Å²) in [5.74, 6) is 3.23. The third-order valence-corrected chi connectivity index (χ3v) is 3.55. The van der Waals surface area contributed by atoms with E-state index in [1.807, 2.05) is 5.43 Å². The van der Waals surface area contributed by atoms with Crippen LogP contribution in [0.3, 0.4) is 0 Å². The summed E-state index contributed by atoms with van der Waals surface area (Å²) in [6, 6.07) is 5.02. The lowest BCUT2D eigenvalue weighted by atomic mass is 10.2. The van der Waals surface area contributed by atoms with Crippen molar-refractivity contribution in [2.24, 2.45) is 5.84 Å². The third-order valence-electron chi connectivity index (χ3n) is 2.60. The number of nitrogen functional groups attached to an aromatic ring is 1. The maximum atomic E-state index is 13.6. The summed E-state index contributed by atoms with van der Waals surface area (Å²) in [6.07, 6.45) is 0. The van der Waals surface area contributed by atoms with Gasteiger partial charge in [0, 0.05) is 11.6 Å². The Labute approximate surface area is 122 Å². The van der Waals surface area contributed by atoms with Gasteiger partial charge in [-0.2, -0.15) is 0 Å². The van der Waals surface area contributed by atoms with E-state index < -0.39 is 28.1 Å². The summed E-state index contributed by atoms with van der Waals surface area (Å²) in [7, 11) is 0. The lowest BCUT2D eigenvalue weighted by Crippen LogP contribution is -2.30. The Morgan fingerprint density at radius 3 is 2.90 bits per heavy atom. The van der Waals surface area contributed by atoms with Crippen LogP contribution in [0.25, 0.3) is 0 Å². The van der Waals surface area contributed by atoms with Crippen LogP contribution < -0.4 is 16.0 Å². The van der Waals surface area contributed by atoms with Gasteiger partial charge in [-0.15, -0.1) is 11.3 Å². The molecule has 0 atom stereocenters. The Bertz CT molecular complexity index is 689. The van der Waals surface area contributed by atoms with Gasteiger partial charge in [-0.3, -0.25) is 20.3 Å². The van der Waals surface area contributed by atoms with Gasteiger partial charge in [0.2, 0.25) is 5.75 Å². The number of benzene rings is 1. The molecule has 1 aromatic heterocycles. The lowest BCUT2D eigenvalue weighted by Gasteiger charge is -2.08. The molecule has 1 aromatic carbocycles. The van der Waals surface area contributed by atoms with E-state index in [4.69, 9.17) is 10.6 Å². The molecule has 0 saturated carbocycles. The quantitative estimate of drug-likeness (QED) is 0.380. The topological polar surface area (TPSA) is 107 Å². The molecule has 0 bridgehead atoms. The highest BCUT2D eigenvalue weighted by molar-refractivity contribution is 7.12. The van der Waals surface area contributed by atoms with Crippen LogP contribution >= 0.6 is 11.3 Å². The van der Waals surface area contributed by atoms with Gasteiger partial charge in [0.25, 0.3) is 5.91 Å². The van der Waals surface area contributed by atoms with Gasteiger partial charge in [0.1, 0.15) is 6.61 Å². The van der Waals surface area contributed by atoms with Gasteiger partial charge in [-0.05, 0) is 17.5 Å². The second kappa shape index (κ2) is 6.29. The number of amides is 1. The highest BCUT2D eigenvalue weighted by Crippen LogP contribution is 2.31. The van der Waals surface area contributed by atoms with Gasteiger partial charge in [-0.25, -0.2) is 10.2 Å². The van der Waals surface area contributed by atoms with Crippen molar-refractivity contribution in [3.05, 3.63) is 56.0 Å². The van der Waals surface area contributed by atoms with E-state index in [0.29, 0.717) is 10.4 Å². The molecule has 0 aliphatic carbocycles. The molecule has 3 N–H and O–H groups in total. The van der Waals surface area contributed by atoms with Crippen molar-refractivity contribution in [2.75, 3.05) is 0 Å².